The number of aromatic nitrogens is 1. The Labute approximate surface area is 73.2 Å². The van der Waals surface area contributed by atoms with Gasteiger partial charge in [0.25, 0.3) is 0 Å². The van der Waals surface area contributed by atoms with Crippen LogP contribution in [0.3, 0.4) is 0 Å². The van der Waals surface area contributed by atoms with Gasteiger partial charge >= 0.3 is 0 Å². The molecule has 0 spiro atoms. The average Bonchev–Trinajstić information content (AvgIpc) is 2.17. The summed E-state index contributed by atoms with van der Waals surface area (Å²) in [5.74, 6) is 0. The van der Waals surface area contributed by atoms with E-state index in [1.165, 1.54) is 0 Å². The number of hydrogen-bond donors (Lipinski definition) is 1. The fraction of sp³-hybridized carbons (Fsp3) is 0.444. The van der Waals surface area contributed by atoms with Crippen molar-refractivity contribution < 1.29 is 0 Å². The molecule has 2 N–H and O–H groups in total. The van der Waals surface area contributed by atoms with Gasteiger partial charge in [0.15, 0.2) is 0 Å². The number of pyridine rings is 1. The van der Waals surface area contributed by atoms with Crippen molar-refractivity contribution in [3.8, 4) is 0 Å². The number of rotatable bonds is 3. The molecule has 0 unspecified atom stereocenters. The largest absolute Gasteiger partial charge is 0.374 e. The van der Waals surface area contributed by atoms with E-state index in [0.29, 0.717) is 6.54 Å². The molecule has 0 amide bonds. The molecular weight excluding hydrogens is 150 g/mol. The van der Waals surface area contributed by atoms with E-state index in [1.54, 1.807) is 6.20 Å². The molecule has 0 saturated heterocycles. The van der Waals surface area contributed by atoms with Gasteiger partial charge in [-0.15, -0.1) is 0 Å². The number of nitrogens with zero attached hydrogens (tertiary/aromatic N) is 2. The van der Waals surface area contributed by atoms with E-state index in [2.05, 4.69) is 22.9 Å². The SMILES string of the molecule is CCN(C)c1cncc(CN)c1. The highest BCUT2D eigenvalue weighted by Gasteiger charge is 1.98. The van der Waals surface area contributed by atoms with E-state index < -0.39 is 0 Å². The molecule has 0 aromatic carbocycles. The molecule has 1 heterocycles. The van der Waals surface area contributed by atoms with Crippen molar-refractivity contribution in [3.05, 3.63) is 24.0 Å². The van der Waals surface area contributed by atoms with E-state index in [4.69, 9.17) is 5.73 Å². The molecule has 3 nitrogen and oxygen atoms in total. The Bertz CT molecular complexity index is 247. The Kier molecular flexibility index (Phi) is 3.05. The summed E-state index contributed by atoms with van der Waals surface area (Å²) >= 11 is 0. The zero-order valence-electron chi connectivity index (χ0n) is 7.62. The molecule has 0 fully saturated rings. The van der Waals surface area contributed by atoms with Crippen molar-refractivity contribution in [2.45, 2.75) is 13.5 Å². The molecular formula is C9H15N3. The molecule has 0 radical (unpaired) electrons. The van der Waals surface area contributed by atoms with E-state index >= 15 is 0 Å². The Morgan fingerprint density at radius 2 is 2.25 bits per heavy atom. The first kappa shape index (κ1) is 9.00. The molecule has 0 saturated carbocycles. The molecule has 1 aromatic heterocycles. The minimum Gasteiger partial charge on any atom is -0.374 e. The summed E-state index contributed by atoms with van der Waals surface area (Å²) in [4.78, 5) is 6.23. The molecule has 0 aliphatic heterocycles. The van der Waals surface area contributed by atoms with Crippen LogP contribution >= 0.6 is 0 Å². The number of anilines is 1. The summed E-state index contributed by atoms with van der Waals surface area (Å²) in [6.07, 6.45) is 3.65. The Balaban J connectivity index is 2.86. The third kappa shape index (κ3) is 1.95. The van der Waals surface area contributed by atoms with Gasteiger partial charge in [0.2, 0.25) is 0 Å². The second kappa shape index (κ2) is 4.07. The first-order valence-electron chi connectivity index (χ1n) is 4.13. The molecule has 66 valence electrons. The van der Waals surface area contributed by atoms with Gasteiger partial charge in [-0.1, -0.05) is 0 Å². The van der Waals surface area contributed by atoms with Crippen LogP contribution in [0.1, 0.15) is 12.5 Å². The van der Waals surface area contributed by atoms with Crippen molar-refractivity contribution in [1.82, 2.24) is 4.98 Å². The summed E-state index contributed by atoms with van der Waals surface area (Å²) in [5.41, 5.74) is 7.70. The lowest BCUT2D eigenvalue weighted by Gasteiger charge is -2.16. The standard InChI is InChI=1S/C9H15N3/c1-3-12(2)9-4-8(5-10)6-11-7-9/h4,6-7H,3,5,10H2,1-2H3. The summed E-state index contributed by atoms with van der Waals surface area (Å²) in [6.45, 7) is 3.64. The van der Waals surface area contributed by atoms with E-state index in [9.17, 15) is 0 Å². The minimum atomic E-state index is 0.554. The van der Waals surface area contributed by atoms with Gasteiger partial charge in [-0.25, -0.2) is 0 Å². The van der Waals surface area contributed by atoms with Crippen LogP contribution in [-0.2, 0) is 6.54 Å². The lowest BCUT2D eigenvalue weighted by molar-refractivity contribution is 0.950. The Morgan fingerprint density at radius 1 is 1.50 bits per heavy atom. The highest BCUT2D eigenvalue weighted by molar-refractivity contribution is 5.44. The van der Waals surface area contributed by atoms with Crippen LogP contribution in [0.4, 0.5) is 5.69 Å². The fourth-order valence-corrected chi connectivity index (χ4v) is 0.977. The van der Waals surface area contributed by atoms with Crippen molar-refractivity contribution in [3.63, 3.8) is 0 Å². The highest BCUT2D eigenvalue weighted by Crippen LogP contribution is 2.11. The molecule has 1 aromatic rings. The summed E-state index contributed by atoms with van der Waals surface area (Å²) in [5, 5.41) is 0. The molecule has 0 atom stereocenters. The second-order valence-corrected chi connectivity index (χ2v) is 2.77. The van der Waals surface area contributed by atoms with Gasteiger partial charge in [0.05, 0.1) is 11.9 Å². The third-order valence-electron chi connectivity index (χ3n) is 1.93. The predicted octanol–water partition coefficient (Wildman–Crippen LogP) is 0.996. The van der Waals surface area contributed by atoms with Crippen LogP contribution < -0.4 is 10.6 Å². The van der Waals surface area contributed by atoms with Gasteiger partial charge < -0.3 is 10.6 Å². The van der Waals surface area contributed by atoms with E-state index in [0.717, 1.165) is 17.8 Å². The van der Waals surface area contributed by atoms with Crippen LogP contribution in [0, 0.1) is 0 Å². The smallest absolute Gasteiger partial charge is 0.0553 e. The predicted molar refractivity (Wildman–Crippen MR) is 51.1 cm³/mol. The fourth-order valence-electron chi connectivity index (χ4n) is 0.977. The quantitative estimate of drug-likeness (QED) is 0.726. The number of hydrogen-bond acceptors (Lipinski definition) is 3. The van der Waals surface area contributed by atoms with Gasteiger partial charge in [0, 0.05) is 26.3 Å². The molecule has 0 aliphatic carbocycles. The summed E-state index contributed by atoms with van der Waals surface area (Å²) in [7, 11) is 2.04. The van der Waals surface area contributed by atoms with E-state index in [-0.39, 0.29) is 0 Å². The average molecular weight is 165 g/mol. The first-order valence-corrected chi connectivity index (χ1v) is 4.13. The van der Waals surface area contributed by atoms with Gasteiger partial charge in [-0.3, -0.25) is 4.98 Å². The lowest BCUT2D eigenvalue weighted by atomic mass is 10.2. The van der Waals surface area contributed by atoms with E-state index in [1.807, 2.05) is 13.2 Å². The van der Waals surface area contributed by atoms with Crippen molar-refractivity contribution >= 4 is 5.69 Å². The van der Waals surface area contributed by atoms with Gasteiger partial charge in [0.1, 0.15) is 0 Å². The zero-order chi connectivity index (χ0) is 8.97. The zero-order valence-corrected chi connectivity index (χ0v) is 7.62. The van der Waals surface area contributed by atoms with Crippen molar-refractivity contribution in [2.75, 3.05) is 18.5 Å². The van der Waals surface area contributed by atoms with Gasteiger partial charge in [-0.2, -0.15) is 0 Å². The monoisotopic (exact) mass is 165 g/mol. The summed E-state index contributed by atoms with van der Waals surface area (Å²) in [6, 6.07) is 2.07. The Hall–Kier alpha value is -1.09. The minimum absolute atomic E-state index is 0.554. The molecule has 12 heavy (non-hydrogen) atoms. The van der Waals surface area contributed by atoms with Crippen LogP contribution in [0.15, 0.2) is 18.5 Å². The van der Waals surface area contributed by atoms with Gasteiger partial charge in [-0.05, 0) is 18.6 Å². The van der Waals surface area contributed by atoms with Crippen LogP contribution in [0.2, 0.25) is 0 Å². The first-order chi connectivity index (χ1) is 5.77. The number of nitrogens with two attached hydrogens (primary N) is 1. The maximum absolute atomic E-state index is 5.50. The molecule has 1 rings (SSSR count). The molecule has 3 heteroatoms. The molecule has 0 aliphatic rings. The Morgan fingerprint density at radius 3 is 2.83 bits per heavy atom. The summed E-state index contributed by atoms with van der Waals surface area (Å²) < 4.78 is 0. The second-order valence-electron chi connectivity index (χ2n) is 2.77. The van der Waals surface area contributed by atoms with Crippen LogP contribution in [0.5, 0.6) is 0 Å². The highest BCUT2D eigenvalue weighted by atomic mass is 15.1. The normalized spacial score (nSPS) is 9.92. The van der Waals surface area contributed by atoms with Crippen LogP contribution in [-0.4, -0.2) is 18.6 Å². The maximum Gasteiger partial charge on any atom is 0.0553 e. The van der Waals surface area contributed by atoms with Crippen LogP contribution in [0.25, 0.3) is 0 Å². The topological polar surface area (TPSA) is 42.2 Å². The molecule has 0 bridgehead atoms. The lowest BCUT2D eigenvalue weighted by Crippen LogP contribution is -2.16. The third-order valence-corrected chi connectivity index (χ3v) is 1.93. The van der Waals surface area contributed by atoms with Crippen molar-refractivity contribution in [1.29, 1.82) is 0 Å². The van der Waals surface area contributed by atoms with Crippen molar-refractivity contribution in [2.24, 2.45) is 5.73 Å². The maximum atomic E-state index is 5.50.